The van der Waals surface area contributed by atoms with Gasteiger partial charge < -0.3 is 5.11 Å². The van der Waals surface area contributed by atoms with E-state index in [1.54, 1.807) is 0 Å². The van der Waals surface area contributed by atoms with Gasteiger partial charge in [-0.3, -0.25) is 4.79 Å². The van der Waals surface area contributed by atoms with Crippen LogP contribution in [-0.2, 0) is 4.79 Å². The fourth-order valence-electron chi connectivity index (χ4n) is 0.434. The van der Waals surface area contributed by atoms with E-state index in [1.807, 2.05) is 0 Å². The summed E-state index contributed by atoms with van der Waals surface area (Å²) in [5.74, 6) is -0.831. The van der Waals surface area contributed by atoms with Gasteiger partial charge in [-0.1, -0.05) is 6.08 Å². The first-order valence-electron chi connectivity index (χ1n) is 2.74. The number of hydrogen-bond donors (Lipinski definition) is 1. The van der Waals surface area contributed by atoms with Crippen LogP contribution in [0.3, 0.4) is 0 Å². The second kappa shape index (κ2) is 5.28. The number of aliphatic carboxylic acids is 1. The van der Waals surface area contributed by atoms with E-state index >= 15 is 0 Å². The van der Waals surface area contributed by atoms with Crippen LogP contribution in [0.1, 0.15) is 19.3 Å². The van der Waals surface area contributed by atoms with Crippen molar-refractivity contribution in [2.24, 2.45) is 0 Å². The van der Waals surface area contributed by atoms with Gasteiger partial charge in [0.1, 0.15) is 0 Å². The highest BCUT2D eigenvalue weighted by Gasteiger charge is 1.92. The SMILES string of the molecule is O=C(O)CCC/C=C/F. The van der Waals surface area contributed by atoms with Gasteiger partial charge in [-0.05, 0) is 12.8 Å². The number of allylic oxidation sites excluding steroid dienone is 1. The molecule has 2 nitrogen and oxygen atoms in total. The fraction of sp³-hybridized carbons (Fsp3) is 0.500. The first kappa shape index (κ1) is 8.14. The maximum absolute atomic E-state index is 11.2. The van der Waals surface area contributed by atoms with Crippen LogP contribution in [0.2, 0.25) is 0 Å². The molecule has 0 rings (SSSR count). The van der Waals surface area contributed by atoms with Gasteiger partial charge in [0.05, 0.1) is 6.33 Å². The number of carboxylic acid groups (broad SMARTS) is 1. The Kier molecular flexibility index (Phi) is 4.78. The zero-order chi connectivity index (χ0) is 7.11. The maximum Gasteiger partial charge on any atom is 0.303 e. The summed E-state index contributed by atoms with van der Waals surface area (Å²) in [6.45, 7) is 0. The Labute approximate surface area is 53.0 Å². The van der Waals surface area contributed by atoms with E-state index in [1.165, 1.54) is 6.08 Å². The Balaban J connectivity index is 3.01. The van der Waals surface area contributed by atoms with E-state index in [4.69, 9.17) is 5.11 Å². The van der Waals surface area contributed by atoms with Gasteiger partial charge in [-0.15, -0.1) is 0 Å². The summed E-state index contributed by atoms with van der Waals surface area (Å²) in [5, 5.41) is 8.09. The normalized spacial score (nSPS) is 10.3. The molecule has 0 aromatic rings. The molecular formula is C6H9FO2. The fourth-order valence-corrected chi connectivity index (χ4v) is 0.434. The summed E-state index contributed by atoms with van der Waals surface area (Å²) in [6.07, 6.45) is 2.87. The Morgan fingerprint density at radius 3 is 2.78 bits per heavy atom. The number of unbranched alkanes of at least 4 members (excludes halogenated alkanes) is 1. The zero-order valence-electron chi connectivity index (χ0n) is 5.01. The van der Waals surface area contributed by atoms with Gasteiger partial charge in [-0.2, -0.15) is 0 Å². The summed E-state index contributed by atoms with van der Waals surface area (Å²) in [5.41, 5.74) is 0. The molecule has 9 heavy (non-hydrogen) atoms. The molecule has 1 N–H and O–H groups in total. The highest BCUT2D eigenvalue weighted by atomic mass is 19.1. The third kappa shape index (κ3) is 7.14. The average molecular weight is 132 g/mol. The van der Waals surface area contributed by atoms with Crippen LogP contribution in [-0.4, -0.2) is 11.1 Å². The van der Waals surface area contributed by atoms with E-state index in [0.29, 0.717) is 19.2 Å². The first-order chi connectivity index (χ1) is 4.27. The summed E-state index contributed by atoms with van der Waals surface area (Å²) in [7, 11) is 0. The number of carbonyl (C=O) groups is 1. The standard InChI is InChI=1S/C6H9FO2/c7-5-3-1-2-4-6(8)9/h3,5H,1-2,4H2,(H,8,9)/b5-3+. The number of carboxylic acids is 1. The molecule has 0 aromatic carbocycles. The second-order valence-corrected chi connectivity index (χ2v) is 1.65. The first-order valence-corrected chi connectivity index (χ1v) is 2.74. The van der Waals surface area contributed by atoms with E-state index in [0.717, 1.165) is 0 Å². The van der Waals surface area contributed by atoms with E-state index in [-0.39, 0.29) is 6.42 Å². The predicted octanol–water partition coefficient (Wildman–Crippen LogP) is 1.72. The predicted molar refractivity (Wildman–Crippen MR) is 31.7 cm³/mol. The van der Waals surface area contributed by atoms with Crippen molar-refractivity contribution in [1.29, 1.82) is 0 Å². The van der Waals surface area contributed by atoms with Crippen LogP contribution >= 0.6 is 0 Å². The van der Waals surface area contributed by atoms with Crippen molar-refractivity contribution in [2.45, 2.75) is 19.3 Å². The number of hydrogen-bond acceptors (Lipinski definition) is 1. The maximum atomic E-state index is 11.2. The second-order valence-electron chi connectivity index (χ2n) is 1.65. The molecule has 52 valence electrons. The Hall–Kier alpha value is -0.860. The molecule has 0 radical (unpaired) electrons. The minimum atomic E-state index is -0.831. The molecule has 0 saturated heterocycles. The van der Waals surface area contributed by atoms with E-state index in [9.17, 15) is 9.18 Å². The van der Waals surface area contributed by atoms with Crippen LogP contribution in [0.25, 0.3) is 0 Å². The Morgan fingerprint density at radius 2 is 2.33 bits per heavy atom. The molecule has 0 aliphatic rings. The van der Waals surface area contributed by atoms with Gasteiger partial charge in [0.25, 0.3) is 0 Å². The molecule has 0 fully saturated rings. The van der Waals surface area contributed by atoms with Gasteiger partial charge in [0.2, 0.25) is 0 Å². The van der Waals surface area contributed by atoms with Crippen LogP contribution in [0.4, 0.5) is 4.39 Å². The van der Waals surface area contributed by atoms with Crippen molar-refractivity contribution in [1.82, 2.24) is 0 Å². The third-order valence-electron chi connectivity index (χ3n) is 0.851. The molecule has 0 amide bonds. The monoisotopic (exact) mass is 132 g/mol. The topological polar surface area (TPSA) is 37.3 Å². The Bertz CT molecular complexity index is 110. The van der Waals surface area contributed by atoms with Crippen molar-refractivity contribution in [3.63, 3.8) is 0 Å². The summed E-state index contributed by atoms with van der Waals surface area (Å²) < 4.78 is 11.2. The van der Waals surface area contributed by atoms with Crippen LogP contribution in [0.15, 0.2) is 12.4 Å². The van der Waals surface area contributed by atoms with Crippen molar-refractivity contribution in [3.05, 3.63) is 12.4 Å². The van der Waals surface area contributed by atoms with Gasteiger partial charge in [0.15, 0.2) is 0 Å². The minimum absolute atomic E-state index is 0.115. The lowest BCUT2D eigenvalue weighted by Gasteiger charge is -1.87. The lowest BCUT2D eigenvalue weighted by molar-refractivity contribution is -0.137. The van der Waals surface area contributed by atoms with Crippen LogP contribution < -0.4 is 0 Å². The number of halogens is 1. The van der Waals surface area contributed by atoms with Crippen LogP contribution in [0.5, 0.6) is 0 Å². The van der Waals surface area contributed by atoms with E-state index < -0.39 is 5.97 Å². The van der Waals surface area contributed by atoms with Crippen LogP contribution in [0, 0.1) is 0 Å². The van der Waals surface area contributed by atoms with Gasteiger partial charge >= 0.3 is 5.97 Å². The molecule has 0 aliphatic heterocycles. The molecule has 0 bridgehead atoms. The molecular weight excluding hydrogens is 123 g/mol. The number of rotatable bonds is 4. The molecule has 0 saturated carbocycles. The quantitative estimate of drug-likeness (QED) is 0.591. The highest BCUT2D eigenvalue weighted by molar-refractivity contribution is 5.66. The highest BCUT2D eigenvalue weighted by Crippen LogP contribution is 1.95. The largest absolute Gasteiger partial charge is 0.481 e. The molecule has 0 aliphatic carbocycles. The molecule has 0 unspecified atom stereocenters. The molecule has 0 spiro atoms. The average Bonchev–Trinajstić information content (AvgIpc) is 1.80. The molecule has 0 atom stereocenters. The van der Waals surface area contributed by atoms with Gasteiger partial charge in [-0.25, -0.2) is 4.39 Å². The summed E-state index contributed by atoms with van der Waals surface area (Å²) in [4.78, 5) is 9.84. The van der Waals surface area contributed by atoms with Crippen molar-refractivity contribution < 1.29 is 14.3 Å². The lowest BCUT2D eigenvalue weighted by Crippen LogP contribution is -1.92. The molecule has 0 heterocycles. The minimum Gasteiger partial charge on any atom is -0.481 e. The zero-order valence-corrected chi connectivity index (χ0v) is 5.01. The molecule has 3 heteroatoms. The Morgan fingerprint density at radius 1 is 1.67 bits per heavy atom. The molecule has 0 aromatic heterocycles. The third-order valence-corrected chi connectivity index (χ3v) is 0.851. The lowest BCUT2D eigenvalue weighted by atomic mass is 10.2. The summed E-state index contributed by atoms with van der Waals surface area (Å²) in [6, 6.07) is 0. The van der Waals surface area contributed by atoms with Crippen molar-refractivity contribution >= 4 is 5.97 Å². The van der Waals surface area contributed by atoms with Crippen molar-refractivity contribution in [3.8, 4) is 0 Å². The van der Waals surface area contributed by atoms with E-state index in [2.05, 4.69) is 0 Å². The van der Waals surface area contributed by atoms with Gasteiger partial charge in [0, 0.05) is 6.42 Å². The van der Waals surface area contributed by atoms with Crippen molar-refractivity contribution in [2.75, 3.05) is 0 Å². The summed E-state index contributed by atoms with van der Waals surface area (Å²) >= 11 is 0. The smallest absolute Gasteiger partial charge is 0.303 e.